The molecular formula is C14H13Br2N. The van der Waals surface area contributed by atoms with E-state index in [2.05, 4.69) is 74.4 Å². The van der Waals surface area contributed by atoms with Gasteiger partial charge in [-0.25, -0.2) is 0 Å². The second-order valence-corrected chi connectivity index (χ2v) is 5.74. The first-order chi connectivity index (χ1) is 8.15. The van der Waals surface area contributed by atoms with E-state index < -0.39 is 0 Å². The molecule has 0 aliphatic heterocycles. The standard InChI is InChI=1S/C14H13Br2N/c1-10-3-2-4-11(7-10)9-17-14-6-5-12(15)8-13(14)16/h2-8,17H,9H2,1H3. The van der Waals surface area contributed by atoms with E-state index in [-0.39, 0.29) is 0 Å². The number of hydrogen-bond donors (Lipinski definition) is 1. The molecule has 0 aliphatic carbocycles. The SMILES string of the molecule is Cc1cccc(CNc2ccc(Br)cc2Br)c1. The highest BCUT2D eigenvalue weighted by molar-refractivity contribution is 9.11. The molecule has 0 spiro atoms. The number of anilines is 1. The monoisotopic (exact) mass is 353 g/mol. The van der Waals surface area contributed by atoms with Gasteiger partial charge in [-0.05, 0) is 46.6 Å². The van der Waals surface area contributed by atoms with Crippen LogP contribution in [0.4, 0.5) is 5.69 Å². The molecule has 0 saturated heterocycles. The highest BCUT2D eigenvalue weighted by Crippen LogP contribution is 2.26. The molecule has 1 N–H and O–H groups in total. The minimum atomic E-state index is 0.835. The lowest BCUT2D eigenvalue weighted by molar-refractivity contribution is 1.14. The molecule has 2 aromatic carbocycles. The van der Waals surface area contributed by atoms with Crippen molar-refractivity contribution in [3.8, 4) is 0 Å². The zero-order valence-electron chi connectivity index (χ0n) is 9.50. The van der Waals surface area contributed by atoms with Gasteiger partial charge in [0.1, 0.15) is 0 Å². The van der Waals surface area contributed by atoms with Gasteiger partial charge in [-0.15, -0.1) is 0 Å². The summed E-state index contributed by atoms with van der Waals surface area (Å²) in [5, 5.41) is 3.42. The van der Waals surface area contributed by atoms with Crippen molar-refractivity contribution in [2.24, 2.45) is 0 Å². The third-order valence-corrected chi connectivity index (χ3v) is 3.65. The minimum absolute atomic E-state index is 0.835. The van der Waals surface area contributed by atoms with Crippen LogP contribution in [0.15, 0.2) is 51.4 Å². The Balaban J connectivity index is 2.07. The molecule has 3 heteroatoms. The zero-order chi connectivity index (χ0) is 12.3. The maximum atomic E-state index is 3.54. The molecule has 2 rings (SSSR count). The van der Waals surface area contributed by atoms with E-state index in [0.717, 1.165) is 21.2 Å². The van der Waals surface area contributed by atoms with Gasteiger partial charge in [-0.2, -0.15) is 0 Å². The molecule has 0 radical (unpaired) electrons. The number of nitrogens with one attached hydrogen (secondary N) is 1. The van der Waals surface area contributed by atoms with Crippen LogP contribution in [0.5, 0.6) is 0 Å². The van der Waals surface area contributed by atoms with E-state index >= 15 is 0 Å². The third kappa shape index (κ3) is 3.58. The fourth-order valence-corrected chi connectivity index (χ4v) is 2.84. The van der Waals surface area contributed by atoms with Crippen LogP contribution >= 0.6 is 31.9 Å². The molecule has 0 saturated carbocycles. The lowest BCUT2D eigenvalue weighted by Gasteiger charge is -2.09. The molecule has 0 unspecified atom stereocenters. The van der Waals surface area contributed by atoms with Crippen molar-refractivity contribution < 1.29 is 0 Å². The first-order valence-corrected chi connectivity index (χ1v) is 6.98. The molecule has 0 fully saturated rings. The van der Waals surface area contributed by atoms with E-state index in [1.54, 1.807) is 0 Å². The van der Waals surface area contributed by atoms with Crippen LogP contribution in [0.2, 0.25) is 0 Å². The average molecular weight is 355 g/mol. The third-order valence-electron chi connectivity index (χ3n) is 2.50. The van der Waals surface area contributed by atoms with E-state index in [1.165, 1.54) is 11.1 Å². The number of aryl methyl sites for hydroxylation is 1. The van der Waals surface area contributed by atoms with E-state index in [0.29, 0.717) is 0 Å². The first-order valence-electron chi connectivity index (χ1n) is 5.39. The lowest BCUT2D eigenvalue weighted by atomic mass is 10.1. The highest BCUT2D eigenvalue weighted by Gasteiger charge is 2.00. The van der Waals surface area contributed by atoms with Gasteiger partial charge in [0, 0.05) is 21.2 Å². The van der Waals surface area contributed by atoms with Crippen molar-refractivity contribution in [1.29, 1.82) is 0 Å². The summed E-state index contributed by atoms with van der Waals surface area (Å²) in [6.45, 7) is 2.95. The van der Waals surface area contributed by atoms with Crippen molar-refractivity contribution >= 4 is 37.5 Å². The summed E-state index contributed by atoms with van der Waals surface area (Å²) in [6, 6.07) is 14.7. The van der Waals surface area contributed by atoms with Gasteiger partial charge in [0.15, 0.2) is 0 Å². The number of hydrogen-bond acceptors (Lipinski definition) is 1. The molecular weight excluding hydrogens is 342 g/mol. The average Bonchev–Trinajstić information content (AvgIpc) is 2.28. The van der Waals surface area contributed by atoms with Gasteiger partial charge < -0.3 is 5.32 Å². The Bertz CT molecular complexity index is 523. The van der Waals surface area contributed by atoms with Gasteiger partial charge in [0.2, 0.25) is 0 Å². The summed E-state index contributed by atoms with van der Waals surface area (Å²) in [7, 11) is 0. The first kappa shape index (κ1) is 12.7. The molecule has 88 valence electrons. The summed E-state index contributed by atoms with van der Waals surface area (Å²) in [4.78, 5) is 0. The van der Waals surface area contributed by atoms with Crippen LogP contribution in [-0.4, -0.2) is 0 Å². The Morgan fingerprint density at radius 3 is 2.59 bits per heavy atom. The summed E-state index contributed by atoms with van der Waals surface area (Å²) in [5.74, 6) is 0. The topological polar surface area (TPSA) is 12.0 Å². The van der Waals surface area contributed by atoms with E-state index in [4.69, 9.17) is 0 Å². The van der Waals surface area contributed by atoms with Crippen molar-refractivity contribution in [2.75, 3.05) is 5.32 Å². The zero-order valence-corrected chi connectivity index (χ0v) is 12.7. The molecule has 0 aromatic heterocycles. The van der Waals surface area contributed by atoms with Crippen molar-refractivity contribution in [2.45, 2.75) is 13.5 Å². The molecule has 2 aromatic rings. The molecule has 0 atom stereocenters. The van der Waals surface area contributed by atoms with Gasteiger partial charge >= 0.3 is 0 Å². The van der Waals surface area contributed by atoms with E-state index in [9.17, 15) is 0 Å². The van der Waals surface area contributed by atoms with Crippen LogP contribution in [0.3, 0.4) is 0 Å². The Hall–Kier alpha value is -0.800. The lowest BCUT2D eigenvalue weighted by Crippen LogP contribution is -2.00. The fraction of sp³-hybridized carbons (Fsp3) is 0.143. The number of halogens is 2. The summed E-state index contributed by atoms with van der Waals surface area (Å²) in [6.07, 6.45) is 0. The molecule has 0 amide bonds. The van der Waals surface area contributed by atoms with Gasteiger partial charge in [-0.3, -0.25) is 0 Å². The van der Waals surface area contributed by atoms with Crippen molar-refractivity contribution in [1.82, 2.24) is 0 Å². The van der Waals surface area contributed by atoms with E-state index in [1.807, 2.05) is 12.1 Å². The Morgan fingerprint density at radius 2 is 1.88 bits per heavy atom. The largest absolute Gasteiger partial charge is 0.380 e. The maximum Gasteiger partial charge on any atom is 0.0488 e. The predicted octanol–water partition coefficient (Wildman–Crippen LogP) is 5.13. The molecule has 17 heavy (non-hydrogen) atoms. The Labute approximate surface area is 119 Å². The smallest absolute Gasteiger partial charge is 0.0488 e. The summed E-state index contributed by atoms with van der Waals surface area (Å²) >= 11 is 6.99. The predicted molar refractivity (Wildman–Crippen MR) is 80.3 cm³/mol. The maximum absolute atomic E-state index is 3.54. The van der Waals surface area contributed by atoms with Crippen LogP contribution < -0.4 is 5.32 Å². The molecule has 0 bridgehead atoms. The number of benzene rings is 2. The molecule has 1 nitrogen and oxygen atoms in total. The van der Waals surface area contributed by atoms with Gasteiger partial charge in [-0.1, -0.05) is 45.8 Å². The van der Waals surface area contributed by atoms with Crippen molar-refractivity contribution in [3.05, 3.63) is 62.5 Å². The van der Waals surface area contributed by atoms with Gasteiger partial charge in [0.05, 0.1) is 0 Å². The Morgan fingerprint density at radius 1 is 1.06 bits per heavy atom. The second kappa shape index (κ2) is 5.69. The second-order valence-electron chi connectivity index (χ2n) is 3.97. The molecule has 0 aliphatic rings. The quantitative estimate of drug-likeness (QED) is 0.805. The normalized spacial score (nSPS) is 10.3. The summed E-state index contributed by atoms with van der Waals surface area (Å²) < 4.78 is 2.14. The van der Waals surface area contributed by atoms with Crippen molar-refractivity contribution in [3.63, 3.8) is 0 Å². The highest BCUT2D eigenvalue weighted by atomic mass is 79.9. The van der Waals surface area contributed by atoms with Crippen LogP contribution in [0.25, 0.3) is 0 Å². The van der Waals surface area contributed by atoms with Crippen LogP contribution in [0.1, 0.15) is 11.1 Å². The number of rotatable bonds is 3. The Kier molecular flexibility index (Phi) is 4.24. The molecule has 0 heterocycles. The van der Waals surface area contributed by atoms with Crippen LogP contribution in [0, 0.1) is 6.92 Å². The minimum Gasteiger partial charge on any atom is -0.380 e. The van der Waals surface area contributed by atoms with Crippen LogP contribution in [-0.2, 0) is 6.54 Å². The fourth-order valence-electron chi connectivity index (χ4n) is 1.65. The van der Waals surface area contributed by atoms with Gasteiger partial charge in [0.25, 0.3) is 0 Å². The summed E-state index contributed by atoms with van der Waals surface area (Å²) in [5.41, 5.74) is 3.69.